The van der Waals surface area contributed by atoms with Crippen LogP contribution in [0.3, 0.4) is 0 Å². The Morgan fingerprint density at radius 1 is 1.00 bits per heavy atom. The van der Waals surface area contributed by atoms with E-state index in [1.54, 1.807) is 6.20 Å². The third-order valence-electron chi connectivity index (χ3n) is 5.49. The van der Waals surface area contributed by atoms with E-state index in [-0.39, 0.29) is 6.10 Å². The summed E-state index contributed by atoms with van der Waals surface area (Å²) in [6.07, 6.45) is 3.59. The zero-order valence-electron chi connectivity index (χ0n) is 16.5. The Kier molecular flexibility index (Phi) is 4.92. The van der Waals surface area contributed by atoms with Gasteiger partial charge in [0, 0.05) is 30.1 Å². The number of aromatic amines is 1. The third-order valence-corrected chi connectivity index (χ3v) is 5.49. The number of benzene rings is 2. The van der Waals surface area contributed by atoms with E-state index in [0.717, 1.165) is 46.3 Å². The van der Waals surface area contributed by atoms with E-state index in [4.69, 9.17) is 9.47 Å². The second kappa shape index (κ2) is 8.02. The molecule has 0 saturated carbocycles. The van der Waals surface area contributed by atoms with Crippen molar-refractivity contribution >= 4 is 11.0 Å². The van der Waals surface area contributed by atoms with Gasteiger partial charge < -0.3 is 14.5 Å². The quantitative estimate of drug-likeness (QED) is 0.507. The largest absolute Gasteiger partial charge is 0.489 e. The molecule has 0 atom stereocenters. The zero-order chi connectivity index (χ0) is 20.3. The van der Waals surface area contributed by atoms with Gasteiger partial charge in [-0.1, -0.05) is 36.4 Å². The molecule has 1 saturated heterocycles. The van der Waals surface area contributed by atoms with Gasteiger partial charge in [-0.05, 0) is 41.0 Å². The number of fused-ring (bicyclic) bond motifs is 1. The van der Waals surface area contributed by atoms with Gasteiger partial charge in [-0.15, -0.1) is 0 Å². The Morgan fingerprint density at radius 3 is 2.63 bits per heavy atom. The van der Waals surface area contributed by atoms with E-state index in [9.17, 15) is 5.26 Å². The SMILES string of the molecule is N#Cc1cc(-c2ccnc3[nH]c(-c4ccccc4)cc23)ccc1OC1CCOCC1. The van der Waals surface area contributed by atoms with E-state index in [1.807, 2.05) is 42.5 Å². The standard InChI is InChI=1S/C25H21N3O2/c26-16-19-14-18(6-7-24(19)30-20-9-12-29-13-10-20)21-8-11-27-25-22(21)15-23(28-25)17-4-2-1-3-5-17/h1-8,11,14-15,20H,9-10,12-13H2,(H,27,28). The van der Waals surface area contributed by atoms with Crippen LogP contribution in [0.5, 0.6) is 5.75 Å². The summed E-state index contributed by atoms with van der Waals surface area (Å²) in [5.41, 5.74) is 5.50. The molecule has 0 radical (unpaired) electrons. The number of H-pyrrole nitrogens is 1. The molecule has 3 heterocycles. The summed E-state index contributed by atoms with van der Waals surface area (Å²) in [4.78, 5) is 7.90. The van der Waals surface area contributed by atoms with Gasteiger partial charge in [0.2, 0.25) is 0 Å². The number of pyridine rings is 1. The van der Waals surface area contributed by atoms with Crippen LogP contribution in [0.25, 0.3) is 33.4 Å². The number of rotatable bonds is 4. The minimum Gasteiger partial charge on any atom is -0.489 e. The van der Waals surface area contributed by atoms with Crippen molar-refractivity contribution in [2.75, 3.05) is 13.2 Å². The van der Waals surface area contributed by atoms with Crippen molar-refractivity contribution in [1.29, 1.82) is 5.26 Å². The molecule has 5 nitrogen and oxygen atoms in total. The molecule has 0 unspecified atom stereocenters. The maximum absolute atomic E-state index is 9.71. The average molecular weight is 395 g/mol. The Morgan fingerprint density at radius 2 is 1.83 bits per heavy atom. The molecule has 0 spiro atoms. The fourth-order valence-electron chi connectivity index (χ4n) is 3.91. The molecule has 1 aliphatic rings. The Hall–Kier alpha value is -3.62. The van der Waals surface area contributed by atoms with Crippen molar-refractivity contribution in [3.8, 4) is 34.2 Å². The molecular formula is C25H21N3O2. The van der Waals surface area contributed by atoms with Crippen LogP contribution in [-0.2, 0) is 4.74 Å². The normalized spacial score (nSPS) is 14.5. The Bertz CT molecular complexity index is 1220. The number of aromatic nitrogens is 2. The molecule has 2 aromatic heterocycles. The third kappa shape index (κ3) is 3.54. The van der Waals surface area contributed by atoms with Crippen LogP contribution in [0.15, 0.2) is 66.9 Å². The summed E-state index contributed by atoms with van der Waals surface area (Å²) in [7, 11) is 0. The van der Waals surface area contributed by atoms with Crippen LogP contribution >= 0.6 is 0 Å². The van der Waals surface area contributed by atoms with Crippen LogP contribution in [0.2, 0.25) is 0 Å². The summed E-state index contributed by atoms with van der Waals surface area (Å²) in [5.74, 6) is 0.637. The van der Waals surface area contributed by atoms with Crippen LogP contribution in [0, 0.1) is 11.3 Å². The second-order valence-electron chi connectivity index (χ2n) is 7.42. The fraction of sp³-hybridized carbons (Fsp3) is 0.200. The van der Waals surface area contributed by atoms with E-state index >= 15 is 0 Å². The highest BCUT2D eigenvalue weighted by atomic mass is 16.5. The summed E-state index contributed by atoms with van der Waals surface area (Å²) in [5, 5.41) is 10.7. The van der Waals surface area contributed by atoms with Crippen LogP contribution in [0.1, 0.15) is 18.4 Å². The number of nitriles is 1. The van der Waals surface area contributed by atoms with Gasteiger partial charge in [-0.3, -0.25) is 0 Å². The molecule has 0 bridgehead atoms. The predicted molar refractivity (Wildman–Crippen MR) is 116 cm³/mol. The highest BCUT2D eigenvalue weighted by Crippen LogP contribution is 2.34. The van der Waals surface area contributed by atoms with Gasteiger partial charge >= 0.3 is 0 Å². The summed E-state index contributed by atoms with van der Waals surface area (Å²) >= 11 is 0. The molecular weight excluding hydrogens is 374 g/mol. The maximum Gasteiger partial charge on any atom is 0.138 e. The zero-order valence-corrected chi connectivity index (χ0v) is 16.5. The van der Waals surface area contributed by atoms with Crippen LogP contribution < -0.4 is 4.74 Å². The van der Waals surface area contributed by atoms with E-state index in [1.165, 1.54) is 0 Å². The van der Waals surface area contributed by atoms with E-state index in [2.05, 4.69) is 34.2 Å². The molecule has 2 aromatic carbocycles. The van der Waals surface area contributed by atoms with Gasteiger partial charge in [0.1, 0.15) is 23.6 Å². The summed E-state index contributed by atoms with van der Waals surface area (Å²) in [6.45, 7) is 1.41. The molecule has 4 aromatic rings. The molecule has 1 N–H and O–H groups in total. The van der Waals surface area contributed by atoms with Crippen LogP contribution in [0.4, 0.5) is 0 Å². The Labute approximate surface area is 174 Å². The van der Waals surface area contributed by atoms with Gasteiger partial charge in [-0.2, -0.15) is 5.26 Å². The van der Waals surface area contributed by atoms with Crippen molar-refractivity contribution in [2.45, 2.75) is 18.9 Å². The lowest BCUT2D eigenvalue weighted by molar-refractivity contribution is 0.0254. The molecule has 0 aliphatic carbocycles. The van der Waals surface area contributed by atoms with E-state index < -0.39 is 0 Å². The number of nitrogens with zero attached hydrogens (tertiary/aromatic N) is 2. The molecule has 0 amide bonds. The summed E-state index contributed by atoms with van der Waals surface area (Å²) in [6, 6.07) is 22.4. The lowest BCUT2D eigenvalue weighted by atomic mass is 10.0. The van der Waals surface area contributed by atoms with Gasteiger partial charge in [-0.25, -0.2) is 4.98 Å². The average Bonchev–Trinajstić information content (AvgIpc) is 3.25. The molecule has 148 valence electrons. The molecule has 1 fully saturated rings. The van der Waals surface area contributed by atoms with Gasteiger partial charge in [0.15, 0.2) is 0 Å². The second-order valence-corrected chi connectivity index (χ2v) is 7.42. The Balaban J connectivity index is 1.52. The van der Waals surface area contributed by atoms with Gasteiger partial charge in [0.05, 0.1) is 18.8 Å². The fourth-order valence-corrected chi connectivity index (χ4v) is 3.91. The summed E-state index contributed by atoms with van der Waals surface area (Å²) < 4.78 is 11.5. The highest BCUT2D eigenvalue weighted by molar-refractivity contribution is 5.96. The topological polar surface area (TPSA) is 70.9 Å². The lowest BCUT2D eigenvalue weighted by Crippen LogP contribution is -2.26. The molecule has 1 aliphatic heterocycles. The number of hydrogen-bond donors (Lipinski definition) is 1. The predicted octanol–water partition coefficient (Wildman–Crippen LogP) is 5.33. The lowest BCUT2D eigenvalue weighted by Gasteiger charge is -2.23. The molecule has 5 rings (SSSR count). The van der Waals surface area contributed by atoms with Crippen molar-refractivity contribution in [2.24, 2.45) is 0 Å². The first-order chi connectivity index (χ1) is 14.8. The monoisotopic (exact) mass is 395 g/mol. The minimum absolute atomic E-state index is 0.0995. The maximum atomic E-state index is 9.71. The number of nitrogens with one attached hydrogen (secondary N) is 1. The first-order valence-electron chi connectivity index (χ1n) is 10.1. The first kappa shape index (κ1) is 18.4. The van der Waals surface area contributed by atoms with Crippen molar-refractivity contribution in [3.05, 3.63) is 72.4 Å². The van der Waals surface area contributed by atoms with Crippen molar-refractivity contribution < 1.29 is 9.47 Å². The molecule has 30 heavy (non-hydrogen) atoms. The minimum atomic E-state index is 0.0995. The van der Waals surface area contributed by atoms with Crippen molar-refractivity contribution in [3.63, 3.8) is 0 Å². The smallest absolute Gasteiger partial charge is 0.138 e. The van der Waals surface area contributed by atoms with Crippen LogP contribution in [-0.4, -0.2) is 29.3 Å². The highest BCUT2D eigenvalue weighted by Gasteiger charge is 2.18. The first-order valence-corrected chi connectivity index (χ1v) is 10.1. The number of hydrogen-bond acceptors (Lipinski definition) is 4. The van der Waals surface area contributed by atoms with Crippen molar-refractivity contribution in [1.82, 2.24) is 9.97 Å². The van der Waals surface area contributed by atoms with Gasteiger partial charge in [0.25, 0.3) is 0 Å². The van der Waals surface area contributed by atoms with E-state index in [0.29, 0.717) is 24.5 Å². The number of ether oxygens (including phenoxy) is 2. The molecule has 5 heteroatoms.